The van der Waals surface area contributed by atoms with Gasteiger partial charge in [0.05, 0.1) is 5.56 Å². The molecule has 2 aromatic rings. The standard InChI is InChI=1S/C23H27NO3/c1-22(2)9-10-23(3,4)18-13-15(6-8-17(18)22)19(25)11-14-5-7-16(21(24)27)20(26)12-14/h5-8,12-13,26H,9-11H2,1-4H3,(H2,24,27). The highest BCUT2D eigenvalue weighted by molar-refractivity contribution is 5.99. The van der Waals surface area contributed by atoms with Gasteiger partial charge >= 0.3 is 0 Å². The Morgan fingerprint density at radius 1 is 0.963 bits per heavy atom. The fourth-order valence-electron chi connectivity index (χ4n) is 3.95. The van der Waals surface area contributed by atoms with E-state index in [0.29, 0.717) is 11.1 Å². The normalized spacial score (nSPS) is 17.2. The summed E-state index contributed by atoms with van der Waals surface area (Å²) in [5, 5.41) is 9.92. The SMILES string of the molecule is CC1(C)CCC(C)(C)c2cc(C(=O)Cc3ccc(C(N)=O)c(O)c3)ccc21. The van der Waals surface area contributed by atoms with Crippen molar-refractivity contribution in [1.29, 1.82) is 0 Å². The van der Waals surface area contributed by atoms with E-state index in [1.165, 1.54) is 23.3 Å². The van der Waals surface area contributed by atoms with Crippen molar-refractivity contribution in [3.63, 3.8) is 0 Å². The smallest absolute Gasteiger partial charge is 0.252 e. The Morgan fingerprint density at radius 3 is 2.19 bits per heavy atom. The van der Waals surface area contributed by atoms with Crippen LogP contribution in [0.15, 0.2) is 36.4 Å². The highest BCUT2D eigenvalue weighted by Gasteiger charge is 2.37. The van der Waals surface area contributed by atoms with Crippen LogP contribution in [-0.4, -0.2) is 16.8 Å². The lowest BCUT2D eigenvalue weighted by molar-refractivity contribution is 0.0988. The highest BCUT2D eigenvalue weighted by atomic mass is 16.3. The van der Waals surface area contributed by atoms with Crippen LogP contribution in [0.2, 0.25) is 0 Å². The van der Waals surface area contributed by atoms with Gasteiger partial charge < -0.3 is 10.8 Å². The average molecular weight is 365 g/mol. The maximum Gasteiger partial charge on any atom is 0.252 e. The van der Waals surface area contributed by atoms with E-state index in [-0.39, 0.29) is 34.3 Å². The van der Waals surface area contributed by atoms with Gasteiger partial charge in [0.25, 0.3) is 5.91 Å². The number of hydrogen-bond donors (Lipinski definition) is 2. The van der Waals surface area contributed by atoms with Crippen LogP contribution in [0.3, 0.4) is 0 Å². The van der Waals surface area contributed by atoms with Crippen molar-refractivity contribution in [2.24, 2.45) is 5.73 Å². The molecular formula is C23H27NO3. The van der Waals surface area contributed by atoms with Crippen LogP contribution >= 0.6 is 0 Å². The minimum Gasteiger partial charge on any atom is -0.507 e. The van der Waals surface area contributed by atoms with E-state index >= 15 is 0 Å². The van der Waals surface area contributed by atoms with Crippen molar-refractivity contribution < 1.29 is 14.7 Å². The van der Waals surface area contributed by atoms with Gasteiger partial charge in [0.2, 0.25) is 0 Å². The summed E-state index contributed by atoms with van der Waals surface area (Å²) in [5.74, 6) is -0.894. The number of aromatic hydroxyl groups is 1. The number of primary amides is 1. The second-order valence-corrected chi connectivity index (χ2v) is 8.84. The predicted octanol–water partition coefficient (Wildman–Crippen LogP) is 4.27. The number of Topliss-reactive ketones (excluding diaryl/α,β-unsaturated/α-hetero) is 1. The van der Waals surface area contributed by atoms with E-state index in [1.54, 1.807) is 6.07 Å². The molecule has 0 aromatic heterocycles. The fourth-order valence-corrected chi connectivity index (χ4v) is 3.95. The van der Waals surface area contributed by atoms with Gasteiger partial charge in [0, 0.05) is 12.0 Å². The molecule has 0 saturated heterocycles. The van der Waals surface area contributed by atoms with Crippen LogP contribution in [0.25, 0.3) is 0 Å². The van der Waals surface area contributed by atoms with Crippen LogP contribution in [0, 0.1) is 0 Å². The summed E-state index contributed by atoms with van der Waals surface area (Å²) in [6.45, 7) is 8.98. The molecular weight excluding hydrogens is 338 g/mol. The molecule has 4 heteroatoms. The number of ketones is 1. The molecule has 3 rings (SSSR count). The van der Waals surface area contributed by atoms with E-state index in [1.807, 2.05) is 12.1 Å². The molecule has 1 amide bonds. The van der Waals surface area contributed by atoms with E-state index < -0.39 is 5.91 Å². The monoisotopic (exact) mass is 365 g/mol. The first-order valence-electron chi connectivity index (χ1n) is 9.31. The van der Waals surface area contributed by atoms with Gasteiger partial charge in [-0.05, 0) is 58.6 Å². The number of rotatable bonds is 4. The van der Waals surface area contributed by atoms with Crippen LogP contribution in [0.5, 0.6) is 5.75 Å². The number of benzene rings is 2. The molecule has 0 unspecified atom stereocenters. The van der Waals surface area contributed by atoms with Crippen molar-refractivity contribution in [3.05, 3.63) is 64.2 Å². The molecule has 4 nitrogen and oxygen atoms in total. The summed E-state index contributed by atoms with van der Waals surface area (Å²) >= 11 is 0. The number of nitrogens with two attached hydrogens (primary N) is 1. The quantitative estimate of drug-likeness (QED) is 0.794. The lowest BCUT2D eigenvalue weighted by Gasteiger charge is -2.42. The van der Waals surface area contributed by atoms with E-state index in [0.717, 1.165) is 12.8 Å². The molecule has 0 bridgehead atoms. The van der Waals surface area contributed by atoms with Crippen molar-refractivity contribution >= 4 is 11.7 Å². The molecule has 0 heterocycles. The molecule has 3 N–H and O–H groups in total. The van der Waals surface area contributed by atoms with Gasteiger partial charge in [-0.2, -0.15) is 0 Å². The Balaban J connectivity index is 1.90. The van der Waals surface area contributed by atoms with Crippen molar-refractivity contribution in [1.82, 2.24) is 0 Å². The number of carbonyl (C=O) groups is 2. The van der Waals surface area contributed by atoms with Gasteiger partial charge in [-0.25, -0.2) is 0 Å². The molecule has 0 spiro atoms. The fraction of sp³-hybridized carbons (Fsp3) is 0.391. The zero-order chi connectivity index (χ0) is 20.0. The molecule has 0 aliphatic heterocycles. The summed E-state index contributed by atoms with van der Waals surface area (Å²) < 4.78 is 0. The minimum atomic E-state index is -0.690. The third kappa shape index (κ3) is 3.61. The lowest BCUT2D eigenvalue weighted by Crippen LogP contribution is -2.34. The largest absolute Gasteiger partial charge is 0.507 e. The van der Waals surface area contributed by atoms with Gasteiger partial charge in [-0.1, -0.05) is 45.9 Å². The van der Waals surface area contributed by atoms with Gasteiger partial charge in [-0.15, -0.1) is 0 Å². The van der Waals surface area contributed by atoms with Crippen molar-refractivity contribution in [2.75, 3.05) is 0 Å². The molecule has 142 valence electrons. The molecule has 27 heavy (non-hydrogen) atoms. The molecule has 0 radical (unpaired) electrons. The predicted molar refractivity (Wildman–Crippen MR) is 106 cm³/mol. The third-order valence-corrected chi connectivity index (χ3v) is 5.87. The van der Waals surface area contributed by atoms with E-state index in [9.17, 15) is 14.7 Å². The van der Waals surface area contributed by atoms with Crippen LogP contribution in [0.4, 0.5) is 0 Å². The zero-order valence-corrected chi connectivity index (χ0v) is 16.4. The number of carbonyl (C=O) groups excluding carboxylic acids is 2. The first kappa shape index (κ1) is 19.2. The summed E-state index contributed by atoms with van der Waals surface area (Å²) in [6.07, 6.45) is 2.38. The number of fused-ring (bicyclic) bond motifs is 1. The van der Waals surface area contributed by atoms with Crippen molar-refractivity contribution in [3.8, 4) is 5.75 Å². The summed E-state index contributed by atoms with van der Waals surface area (Å²) in [4.78, 5) is 24.1. The van der Waals surface area contributed by atoms with Crippen molar-refractivity contribution in [2.45, 2.75) is 57.8 Å². The number of hydrogen-bond acceptors (Lipinski definition) is 3. The summed E-state index contributed by atoms with van der Waals surface area (Å²) in [6, 6.07) is 10.6. The average Bonchev–Trinajstić information content (AvgIpc) is 2.58. The Morgan fingerprint density at radius 2 is 1.59 bits per heavy atom. The van der Waals surface area contributed by atoms with Gasteiger partial charge in [-0.3, -0.25) is 9.59 Å². The maximum absolute atomic E-state index is 12.8. The van der Waals surface area contributed by atoms with Crippen LogP contribution in [-0.2, 0) is 17.3 Å². The number of phenols is 1. The Bertz CT molecular complexity index is 925. The minimum absolute atomic E-state index is 0.0109. The molecule has 2 aromatic carbocycles. The molecule has 0 atom stereocenters. The summed E-state index contributed by atoms with van der Waals surface area (Å²) in [7, 11) is 0. The molecule has 1 aliphatic rings. The molecule has 0 fully saturated rings. The highest BCUT2D eigenvalue weighted by Crippen LogP contribution is 2.45. The van der Waals surface area contributed by atoms with Gasteiger partial charge in [0.15, 0.2) is 5.78 Å². The van der Waals surface area contributed by atoms with Crippen LogP contribution in [0.1, 0.15) is 77.9 Å². The Kier molecular flexibility index (Phi) is 4.62. The van der Waals surface area contributed by atoms with Crippen LogP contribution < -0.4 is 5.73 Å². The Labute approximate surface area is 160 Å². The molecule has 1 aliphatic carbocycles. The topological polar surface area (TPSA) is 80.4 Å². The maximum atomic E-state index is 12.8. The van der Waals surface area contributed by atoms with Gasteiger partial charge in [0.1, 0.15) is 5.75 Å². The first-order valence-corrected chi connectivity index (χ1v) is 9.31. The first-order chi connectivity index (χ1) is 12.5. The second-order valence-electron chi connectivity index (χ2n) is 8.84. The third-order valence-electron chi connectivity index (χ3n) is 5.87. The Hall–Kier alpha value is -2.62. The van der Waals surface area contributed by atoms with E-state index in [4.69, 9.17) is 5.73 Å². The zero-order valence-electron chi connectivity index (χ0n) is 16.4. The molecule has 0 saturated carbocycles. The summed E-state index contributed by atoms with van der Waals surface area (Å²) in [5.41, 5.74) is 9.32. The lowest BCUT2D eigenvalue weighted by atomic mass is 9.63. The second kappa shape index (κ2) is 6.52. The van der Waals surface area contributed by atoms with E-state index in [2.05, 4.69) is 33.8 Å². The number of amides is 1.